The van der Waals surface area contributed by atoms with Crippen molar-refractivity contribution in [2.75, 3.05) is 39.6 Å². The Morgan fingerprint density at radius 2 is 0.510 bits per heavy atom. The van der Waals surface area contributed by atoms with Crippen LogP contribution in [-0.4, -0.2) is 96.7 Å². The average Bonchev–Trinajstić information content (AvgIpc) is 0.926. The van der Waals surface area contributed by atoms with Gasteiger partial charge in [-0.2, -0.15) is 0 Å². The van der Waals surface area contributed by atoms with Gasteiger partial charge in [-0.3, -0.25) is 37.3 Å². The molecule has 0 heterocycles. The van der Waals surface area contributed by atoms with Gasteiger partial charge in [0.15, 0.2) is 12.2 Å². The predicted octanol–water partition coefficient (Wildman–Crippen LogP) is 22.7. The molecule has 0 aliphatic carbocycles. The molecule has 102 heavy (non-hydrogen) atoms. The van der Waals surface area contributed by atoms with Crippen molar-refractivity contribution in [3.8, 4) is 0 Å². The molecule has 19 heteroatoms. The maximum absolute atomic E-state index is 13.1. The minimum Gasteiger partial charge on any atom is -0.462 e. The highest BCUT2D eigenvalue weighted by atomic mass is 31.2. The van der Waals surface area contributed by atoms with Gasteiger partial charge in [0.05, 0.1) is 26.4 Å². The van der Waals surface area contributed by atoms with Crippen LogP contribution in [0, 0.1) is 0 Å². The summed E-state index contributed by atoms with van der Waals surface area (Å²) in [6, 6.07) is 0. The average molecular weight is 1470 g/mol. The summed E-state index contributed by atoms with van der Waals surface area (Å²) in [7, 11) is -9.99. The number of rotatable bonds is 72. The third-order valence-electron chi connectivity index (χ3n) is 15.8. The van der Waals surface area contributed by atoms with Gasteiger partial charge in [-0.25, -0.2) is 9.13 Å². The van der Waals surface area contributed by atoms with Crippen molar-refractivity contribution in [2.45, 2.75) is 316 Å². The zero-order chi connectivity index (χ0) is 74.6. The highest BCUT2D eigenvalue weighted by molar-refractivity contribution is 7.47. The summed E-state index contributed by atoms with van der Waals surface area (Å²) >= 11 is 0. The van der Waals surface area contributed by atoms with Crippen molar-refractivity contribution in [1.29, 1.82) is 0 Å². The molecule has 0 rings (SSSR count). The van der Waals surface area contributed by atoms with Gasteiger partial charge in [0.2, 0.25) is 0 Å². The zero-order valence-electron chi connectivity index (χ0n) is 63.5. The number of ether oxygens (including phenoxy) is 4. The fraction of sp³-hybridized carbons (Fsp3) is 0.663. The highest BCUT2D eigenvalue weighted by Gasteiger charge is 2.30. The Labute approximate surface area is 617 Å². The standard InChI is InChI=1S/C83H138O17P2/c1-5-9-13-17-21-25-29-33-37-38-42-44-48-52-56-60-64-68-81(86)94-74-79(100-83(88)70-66-62-58-54-50-46-41-36-32-28-24-20-16-12-8-4)76-98-102(91,92)96-72-77(84)71-95-101(89,90)97-75-78(99-82(87)69-65-61-57-53-49-45-40-35-31-27-23-19-15-11-7-3)73-93-80(85)67-63-59-55-51-47-43-39-34-30-26-22-18-14-10-6-2/h9-11,13-15,21-23,25-27,33-37,39-41,47,49,51,53,77-79,84H,5-8,12,16-20,24,28-32,38,42-46,48,50,52,54-76H2,1-4H3,(H,89,90)(H,91,92)/b13-9-,14-10-,15-11-,25-21-,26-22-,27-23-,37-33-,39-34-,40-35-,41-36-,51-47-,53-49-. The van der Waals surface area contributed by atoms with Gasteiger partial charge in [0, 0.05) is 25.7 Å². The lowest BCUT2D eigenvalue weighted by atomic mass is 10.1. The van der Waals surface area contributed by atoms with Crippen molar-refractivity contribution in [1.82, 2.24) is 0 Å². The smallest absolute Gasteiger partial charge is 0.462 e. The van der Waals surface area contributed by atoms with Crippen molar-refractivity contribution < 1.29 is 80.2 Å². The molecule has 0 amide bonds. The van der Waals surface area contributed by atoms with Crippen LogP contribution in [-0.2, 0) is 65.4 Å². The van der Waals surface area contributed by atoms with E-state index in [4.69, 9.17) is 37.0 Å². The van der Waals surface area contributed by atoms with E-state index in [1.54, 1.807) is 0 Å². The molecule has 0 aliphatic rings. The van der Waals surface area contributed by atoms with Crippen molar-refractivity contribution >= 4 is 39.5 Å². The van der Waals surface area contributed by atoms with Crippen LogP contribution >= 0.6 is 15.6 Å². The number of aliphatic hydroxyl groups is 1. The highest BCUT2D eigenvalue weighted by Crippen LogP contribution is 2.45. The lowest BCUT2D eigenvalue weighted by Gasteiger charge is -2.21. The monoisotopic (exact) mass is 1470 g/mol. The Morgan fingerprint density at radius 1 is 0.284 bits per heavy atom. The number of aliphatic hydroxyl groups excluding tert-OH is 1. The minimum atomic E-state index is -5.00. The number of unbranched alkanes of at least 4 members (excludes halogenated alkanes) is 22. The van der Waals surface area contributed by atoms with Gasteiger partial charge in [-0.1, -0.05) is 257 Å². The van der Waals surface area contributed by atoms with E-state index in [2.05, 4.69) is 174 Å². The number of esters is 4. The largest absolute Gasteiger partial charge is 0.472 e. The molecule has 0 radical (unpaired) electrons. The zero-order valence-corrected chi connectivity index (χ0v) is 65.3. The molecule has 0 bridgehead atoms. The van der Waals surface area contributed by atoms with Gasteiger partial charge in [-0.05, 0) is 161 Å². The second-order valence-electron chi connectivity index (χ2n) is 25.5. The third kappa shape index (κ3) is 73.3. The molecular weight excluding hydrogens is 1330 g/mol. The Bertz CT molecular complexity index is 2510. The normalized spacial score (nSPS) is 14.7. The summed E-state index contributed by atoms with van der Waals surface area (Å²) in [4.78, 5) is 72.9. The Kier molecular flexibility index (Phi) is 70.5. The molecule has 5 unspecified atom stereocenters. The number of phosphoric acid groups is 2. The molecule has 0 saturated carbocycles. The van der Waals surface area contributed by atoms with Crippen LogP contribution in [0.25, 0.3) is 0 Å². The first-order valence-electron chi connectivity index (χ1n) is 39.1. The third-order valence-corrected chi connectivity index (χ3v) is 17.7. The number of carbonyl (C=O) groups excluding carboxylic acids is 4. The van der Waals surface area contributed by atoms with E-state index in [1.165, 1.54) is 38.5 Å². The van der Waals surface area contributed by atoms with Crippen LogP contribution in [0.5, 0.6) is 0 Å². The molecule has 0 aromatic rings. The first kappa shape index (κ1) is 96.9. The lowest BCUT2D eigenvalue weighted by molar-refractivity contribution is -0.161. The quantitative estimate of drug-likeness (QED) is 0.0169. The Balaban J connectivity index is 5.44. The van der Waals surface area contributed by atoms with Crippen molar-refractivity contribution in [2.24, 2.45) is 0 Å². The molecule has 0 fully saturated rings. The van der Waals surface area contributed by atoms with Gasteiger partial charge in [0.25, 0.3) is 0 Å². The van der Waals surface area contributed by atoms with E-state index in [1.807, 2.05) is 0 Å². The number of carbonyl (C=O) groups is 4. The fourth-order valence-electron chi connectivity index (χ4n) is 9.92. The summed E-state index contributed by atoms with van der Waals surface area (Å²) in [5.74, 6) is -2.30. The Hall–Kier alpha value is -5.06. The number of phosphoric ester groups is 2. The summed E-state index contributed by atoms with van der Waals surface area (Å²) in [6.45, 7) is 4.41. The molecule has 5 atom stereocenters. The molecule has 0 saturated heterocycles. The summed E-state index contributed by atoms with van der Waals surface area (Å²) in [6.07, 6.45) is 84.1. The summed E-state index contributed by atoms with van der Waals surface area (Å²) < 4.78 is 68.5. The number of hydrogen-bond donors (Lipinski definition) is 3. The van der Waals surface area contributed by atoms with Crippen LogP contribution < -0.4 is 0 Å². The van der Waals surface area contributed by atoms with Crippen LogP contribution in [0.2, 0.25) is 0 Å². The van der Waals surface area contributed by atoms with E-state index in [0.717, 1.165) is 173 Å². The van der Waals surface area contributed by atoms with E-state index in [9.17, 15) is 43.2 Å². The van der Waals surface area contributed by atoms with Gasteiger partial charge in [0.1, 0.15) is 19.3 Å². The van der Waals surface area contributed by atoms with Gasteiger partial charge >= 0.3 is 39.5 Å². The molecule has 0 aromatic heterocycles. The molecule has 582 valence electrons. The van der Waals surface area contributed by atoms with Crippen LogP contribution in [0.15, 0.2) is 146 Å². The molecular formula is C83H138O17P2. The number of allylic oxidation sites excluding steroid dienone is 24. The maximum atomic E-state index is 13.1. The number of hydrogen-bond acceptors (Lipinski definition) is 15. The van der Waals surface area contributed by atoms with Gasteiger partial charge in [-0.15, -0.1) is 0 Å². The molecule has 17 nitrogen and oxygen atoms in total. The summed E-state index contributed by atoms with van der Waals surface area (Å²) in [5.41, 5.74) is 0. The topological polar surface area (TPSA) is 237 Å². The Morgan fingerprint density at radius 3 is 0.814 bits per heavy atom. The second-order valence-corrected chi connectivity index (χ2v) is 28.4. The van der Waals surface area contributed by atoms with Crippen LogP contribution in [0.1, 0.15) is 297 Å². The SMILES string of the molecule is CC/C=C\C/C=C\C/C=C\C/C=C\CCCCC(=O)OCC(COP(=O)(O)OCC(O)COP(=O)(O)OCC(COC(=O)CCCCCCCCC/C=C\C/C=C\C/C=C\CC)OC(=O)CCCCCCC/C=C\CCCCCCCC)OC(=O)CCCC/C=C\C/C=C\C/C=C\C/C=C\CC. The van der Waals surface area contributed by atoms with Crippen molar-refractivity contribution in [3.05, 3.63) is 146 Å². The molecule has 0 spiro atoms. The van der Waals surface area contributed by atoms with Crippen LogP contribution in [0.4, 0.5) is 0 Å². The van der Waals surface area contributed by atoms with Crippen LogP contribution in [0.3, 0.4) is 0 Å². The predicted molar refractivity (Wildman–Crippen MR) is 417 cm³/mol. The minimum absolute atomic E-state index is 0.0291. The van der Waals surface area contributed by atoms with Crippen molar-refractivity contribution in [3.63, 3.8) is 0 Å². The van der Waals surface area contributed by atoms with E-state index in [0.29, 0.717) is 32.1 Å². The molecule has 0 aliphatic heterocycles. The molecule has 3 N–H and O–H groups in total. The first-order valence-corrected chi connectivity index (χ1v) is 42.1. The maximum Gasteiger partial charge on any atom is 0.472 e. The van der Waals surface area contributed by atoms with E-state index in [-0.39, 0.29) is 25.7 Å². The lowest BCUT2D eigenvalue weighted by Crippen LogP contribution is -2.30. The first-order chi connectivity index (χ1) is 49.7. The summed E-state index contributed by atoms with van der Waals surface area (Å²) in [5, 5.41) is 10.6. The van der Waals surface area contributed by atoms with E-state index >= 15 is 0 Å². The fourth-order valence-corrected chi connectivity index (χ4v) is 11.5. The van der Waals surface area contributed by atoms with Gasteiger partial charge < -0.3 is 33.8 Å². The second kappa shape index (κ2) is 74.2. The molecule has 0 aromatic carbocycles. The van der Waals surface area contributed by atoms with E-state index < -0.39 is 97.5 Å².